The molecule has 0 saturated heterocycles. The molecule has 1 aliphatic heterocycles. The molecule has 1 heterocycles. The lowest BCUT2D eigenvalue weighted by Gasteiger charge is -2.04. The Morgan fingerprint density at radius 1 is 1.50 bits per heavy atom. The van der Waals surface area contributed by atoms with Crippen LogP contribution in [-0.2, 0) is 0 Å². The van der Waals surface area contributed by atoms with Gasteiger partial charge >= 0.3 is 0 Å². The second-order valence-corrected chi connectivity index (χ2v) is 4.17. The fourth-order valence-electron chi connectivity index (χ4n) is 1.31. The van der Waals surface area contributed by atoms with Crippen LogP contribution in [0.1, 0.15) is 6.42 Å². The standard InChI is InChI=1S/C10H12N2OS/c1-13-7-2-3-8-9(6-7)14-5-4-10(11)12-8/h2-3,6H,4-5H2,1H3,(H2,11,12). The predicted molar refractivity (Wildman–Crippen MR) is 59.6 cm³/mol. The number of rotatable bonds is 1. The van der Waals surface area contributed by atoms with Crippen molar-refractivity contribution < 1.29 is 4.74 Å². The van der Waals surface area contributed by atoms with E-state index in [9.17, 15) is 0 Å². The third kappa shape index (κ3) is 1.85. The van der Waals surface area contributed by atoms with Crippen molar-refractivity contribution in [2.75, 3.05) is 12.9 Å². The Morgan fingerprint density at radius 3 is 3.14 bits per heavy atom. The number of nitrogens with two attached hydrogens (primary N) is 1. The Bertz CT molecular complexity index is 376. The van der Waals surface area contributed by atoms with Crippen molar-refractivity contribution in [3.63, 3.8) is 0 Å². The van der Waals surface area contributed by atoms with Crippen LogP contribution in [0.2, 0.25) is 0 Å². The van der Waals surface area contributed by atoms with Gasteiger partial charge in [-0.25, -0.2) is 4.99 Å². The average molecular weight is 208 g/mol. The van der Waals surface area contributed by atoms with Crippen LogP contribution in [0.4, 0.5) is 5.69 Å². The fraction of sp³-hybridized carbons (Fsp3) is 0.300. The summed E-state index contributed by atoms with van der Waals surface area (Å²) in [5.41, 5.74) is 6.68. The summed E-state index contributed by atoms with van der Waals surface area (Å²) in [6, 6.07) is 5.85. The first-order valence-corrected chi connectivity index (χ1v) is 5.42. The zero-order valence-electron chi connectivity index (χ0n) is 7.99. The van der Waals surface area contributed by atoms with Crippen molar-refractivity contribution in [2.24, 2.45) is 10.7 Å². The van der Waals surface area contributed by atoms with Gasteiger partial charge in [-0.05, 0) is 18.2 Å². The van der Waals surface area contributed by atoms with Gasteiger partial charge in [0.25, 0.3) is 0 Å². The normalized spacial score (nSPS) is 15.4. The summed E-state index contributed by atoms with van der Waals surface area (Å²) in [5, 5.41) is 0. The molecule has 0 saturated carbocycles. The number of hydrogen-bond donors (Lipinski definition) is 1. The molecule has 0 bridgehead atoms. The fourth-order valence-corrected chi connectivity index (χ4v) is 2.30. The maximum Gasteiger partial charge on any atom is 0.120 e. The van der Waals surface area contributed by atoms with Crippen LogP contribution < -0.4 is 10.5 Å². The van der Waals surface area contributed by atoms with Crippen LogP contribution in [-0.4, -0.2) is 18.7 Å². The minimum absolute atomic E-state index is 0.710. The third-order valence-electron chi connectivity index (χ3n) is 2.05. The first-order valence-electron chi connectivity index (χ1n) is 4.43. The van der Waals surface area contributed by atoms with Gasteiger partial charge in [0.2, 0.25) is 0 Å². The van der Waals surface area contributed by atoms with Gasteiger partial charge in [0.15, 0.2) is 0 Å². The topological polar surface area (TPSA) is 47.6 Å². The molecule has 0 atom stereocenters. The summed E-state index contributed by atoms with van der Waals surface area (Å²) in [6.07, 6.45) is 0.849. The Balaban J connectivity index is 2.42. The smallest absolute Gasteiger partial charge is 0.120 e. The maximum absolute atomic E-state index is 5.73. The number of nitrogens with zero attached hydrogens (tertiary/aromatic N) is 1. The van der Waals surface area contributed by atoms with Crippen molar-refractivity contribution in [2.45, 2.75) is 11.3 Å². The molecule has 1 aromatic carbocycles. The van der Waals surface area contributed by atoms with E-state index in [-0.39, 0.29) is 0 Å². The summed E-state index contributed by atoms with van der Waals surface area (Å²) in [4.78, 5) is 5.48. The van der Waals surface area contributed by atoms with Crippen LogP contribution in [0.3, 0.4) is 0 Å². The van der Waals surface area contributed by atoms with Crippen LogP contribution in [0.25, 0.3) is 0 Å². The highest BCUT2D eigenvalue weighted by Gasteiger charge is 2.09. The van der Waals surface area contributed by atoms with E-state index in [1.807, 2.05) is 18.2 Å². The maximum atomic E-state index is 5.73. The van der Waals surface area contributed by atoms with E-state index < -0.39 is 0 Å². The molecular formula is C10H12N2OS. The molecule has 0 aromatic heterocycles. The number of hydrogen-bond acceptors (Lipinski definition) is 4. The zero-order valence-corrected chi connectivity index (χ0v) is 8.80. The van der Waals surface area contributed by atoms with Gasteiger partial charge in [0.05, 0.1) is 12.8 Å². The highest BCUT2D eigenvalue weighted by molar-refractivity contribution is 7.99. The van der Waals surface area contributed by atoms with Gasteiger partial charge in [0, 0.05) is 17.1 Å². The third-order valence-corrected chi connectivity index (χ3v) is 3.09. The van der Waals surface area contributed by atoms with E-state index in [4.69, 9.17) is 10.5 Å². The number of benzene rings is 1. The average Bonchev–Trinajstić information content (AvgIpc) is 2.37. The minimum Gasteiger partial charge on any atom is -0.497 e. The first-order chi connectivity index (χ1) is 6.79. The summed E-state index contributed by atoms with van der Waals surface area (Å²) in [6.45, 7) is 0. The lowest BCUT2D eigenvalue weighted by atomic mass is 10.3. The number of methoxy groups -OCH3 is 1. The van der Waals surface area contributed by atoms with Crippen molar-refractivity contribution in [1.82, 2.24) is 0 Å². The molecule has 4 heteroatoms. The molecule has 2 N–H and O–H groups in total. The molecule has 0 fully saturated rings. The molecule has 0 amide bonds. The second kappa shape index (κ2) is 3.92. The summed E-state index contributed by atoms with van der Waals surface area (Å²) in [5.74, 6) is 2.56. The van der Waals surface area contributed by atoms with E-state index in [2.05, 4.69) is 4.99 Å². The Kier molecular flexibility index (Phi) is 2.63. The van der Waals surface area contributed by atoms with Gasteiger partial charge in [-0.1, -0.05) is 0 Å². The molecule has 14 heavy (non-hydrogen) atoms. The van der Waals surface area contributed by atoms with Crippen LogP contribution in [0.15, 0.2) is 28.1 Å². The van der Waals surface area contributed by atoms with Crippen molar-refractivity contribution >= 4 is 23.3 Å². The Morgan fingerprint density at radius 2 is 2.36 bits per heavy atom. The molecular weight excluding hydrogens is 196 g/mol. The summed E-state index contributed by atoms with van der Waals surface area (Å²) >= 11 is 1.77. The number of amidine groups is 1. The van der Waals surface area contributed by atoms with Gasteiger partial charge in [-0.3, -0.25) is 0 Å². The predicted octanol–water partition coefficient (Wildman–Crippen LogP) is 2.18. The van der Waals surface area contributed by atoms with Crippen LogP contribution in [0, 0.1) is 0 Å². The van der Waals surface area contributed by atoms with Gasteiger partial charge in [-0.2, -0.15) is 0 Å². The van der Waals surface area contributed by atoms with Crippen molar-refractivity contribution in [3.05, 3.63) is 18.2 Å². The monoisotopic (exact) mass is 208 g/mol. The van der Waals surface area contributed by atoms with E-state index >= 15 is 0 Å². The summed E-state index contributed by atoms with van der Waals surface area (Å²) < 4.78 is 5.15. The molecule has 0 unspecified atom stereocenters. The van der Waals surface area contributed by atoms with Crippen molar-refractivity contribution in [1.29, 1.82) is 0 Å². The lowest BCUT2D eigenvalue weighted by Crippen LogP contribution is -2.10. The number of ether oxygens (including phenoxy) is 1. The molecule has 3 nitrogen and oxygen atoms in total. The summed E-state index contributed by atoms with van der Waals surface area (Å²) in [7, 11) is 1.67. The molecule has 0 spiro atoms. The molecule has 1 aromatic rings. The molecule has 2 rings (SSSR count). The first kappa shape index (κ1) is 9.40. The van der Waals surface area contributed by atoms with E-state index in [1.54, 1.807) is 18.9 Å². The molecule has 0 aliphatic carbocycles. The largest absolute Gasteiger partial charge is 0.497 e. The molecule has 0 radical (unpaired) electrons. The number of fused-ring (bicyclic) bond motifs is 1. The number of aliphatic imine (C=N–C) groups is 1. The SMILES string of the molecule is COc1ccc2c(c1)SCCC(N)=N2. The quantitative estimate of drug-likeness (QED) is 0.769. The minimum atomic E-state index is 0.710. The highest BCUT2D eigenvalue weighted by Crippen LogP contribution is 2.35. The van der Waals surface area contributed by atoms with Gasteiger partial charge in [-0.15, -0.1) is 11.8 Å². The second-order valence-electron chi connectivity index (χ2n) is 3.04. The Labute approximate surface area is 87.4 Å². The van der Waals surface area contributed by atoms with Gasteiger partial charge in [0.1, 0.15) is 11.6 Å². The Hall–Kier alpha value is -1.16. The zero-order chi connectivity index (χ0) is 9.97. The lowest BCUT2D eigenvalue weighted by molar-refractivity contribution is 0.414. The number of thioether (sulfide) groups is 1. The van der Waals surface area contributed by atoms with E-state index in [0.29, 0.717) is 5.84 Å². The molecule has 1 aliphatic rings. The van der Waals surface area contributed by atoms with Gasteiger partial charge < -0.3 is 10.5 Å². The van der Waals surface area contributed by atoms with Crippen LogP contribution >= 0.6 is 11.8 Å². The molecule has 74 valence electrons. The van der Waals surface area contributed by atoms with Crippen LogP contribution in [0.5, 0.6) is 5.75 Å². The van der Waals surface area contributed by atoms with Crippen molar-refractivity contribution in [3.8, 4) is 5.75 Å². The van der Waals surface area contributed by atoms with E-state index in [1.165, 1.54) is 0 Å². The van der Waals surface area contributed by atoms with E-state index in [0.717, 1.165) is 28.5 Å². The highest BCUT2D eigenvalue weighted by atomic mass is 32.2.